The van der Waals surface area contributed by atoms with Crippen LogP contribution in [0.1, 0.15) is 24.5 Å². The third-order valence-electron chi connectivity index (χ3n) is 4.29. The molecular formula is C17H22N2O5. The van der Waals surface area contributed by atoms with Gasteiger partial charge in [0, 0.05) is 26.3 Å². The van der Waals surface area contributed by atoms with Gasteiger partial charge in [-0.25, -0.2) is 4.79 Å². The number of carboxylic acid groups (broad SMARTS) is 1. The molecule has 1 heterocycles. The van der Waals surface area contributed by atoms with Crippen molar-refractivity contribution in [2.75, 3.05) is 6.54 Å². The number of aryl methyl sites for hydroxylation is 1. The number of hydrogen-bond acceptors (Lipinski definition) is 4. The SMILES string of the molecule is CC(=O)N1C[C@H](O)C[C@H]1C(=O)N[C@@H](Cc1ccccc1C)C(=O)O. The Morgan fingerprint density at radius 3 is 2.58 bits per heavy atom. The monoisotopic (exact) mass is 334 g/mol. The third-order valence-corrected chi connectivity index (χ3v) is 4.29. The summed E-state index contributed by atoms with van der Waals surface area (Å²) < 4.78 is 0. The second kappa shape index (κ2) is 7.44. The molecule has 2 rings (SSSR count). The molecule has 0 aliphatic carbocycles. The molecule has 1 aliphatic rings. The van der Waals surface area contributed by atoms with Crippen LogP contribution >= 0.6 is 0 Å². The van der Waals surface area contributed by atoms with Gasteiger partial charge in [0.1, 0.15) is 12.1 Å². The van der Waals surface area contributed by atoms with E-state index in [-0.39, 0.29) is 25.3 Å². The molecule has 0 unspecified atom stereocenters. The number of aliphatic hydroxyl groups is 1. The lowest BCUT2D eigenvalue weighted by molar-refractivity contribution is -0.143. The first-order chi connectivity index (χ1) is 11.3. The first-order valence-electron chi connectivity index (χ1n) is 7.82. The van der Waals surface area contributed by atoms with Gasteiger partial charge in [0.15, 0.2) is 0 Å². The van der Waals surface area contributed by atoms with Crippen LogP contribution < -0.4 is 5.32 Å². The zero-order valence-corrected chi connectivity index (χ0v) is 13.7. The van der Waals surface area contributed by atoms with Gasteiger partial charge >= 0.3 is 5.97 Å². The van der Waals surface area contributed by atoms with Gasteiger partial charge in [-0.3, -0.25) is 9.59 Å². The van der Waals surface area contributed by atoms with E-state index >= 15 is 0 Å². The van der Waals surface area contributed by atoms with Gasteiger partial charge in [-0.2, -0.15) is 0 Å². The van der Waals surface area contributed by atoms with E-state index in [1.54, 1.807) is 0 Å². The summed E-state index contributed by atoms with van der Waals surface area (Å²) in [5, 5.41) is 21.6. The summed E-state index contributed by atoms with van der Waals surface area (Å²) in [5.41, 5.74) is 1.78. The number of amides is 2. The van der Waals surface area contributed by atoms with E-state index in [1.807, 2.05) is 31.2 Å². The second-order valence-electron chi connectivity index (χ2n) is 6.11. The summed E-state index contributed by atoms with van der Waals surface area (Å²) in [6, 6.07) is 5.44. The van der Waals surface area contributed by atoms with Gasteiger partial charge in [0.05, 0.1) is 6.10 Å². The molecule has 7 nitrogen and oxygen atoms in total. The lowest BCUT2D eigenvalue weighted by Gasteiger charge is -2.24. The maximum atomic E-state index is 12.4. The van der Waals surface area contributed by atoms with Crippen LogP contribution in [0.3, 0.4) is 0 Å². The van der Waals surface area contributed by atoms with Crippen LogP contribution in [0.15, 0.2) is 24.3 Å². The Morgan fingerprint density at radius 1 is 1.33 bits per heavy atom. The highest BCUT2D eigenvalue weighted by Gasteiger charge is 2.38. The number of rotatable bonds is 5. The standard InChI is InChI=1S/C17H22N2O5/c1-10-5-3-4-6-12(10)7-14(17(23)24)18-16(22)15-8-13(21)9-19(15)11(2)20/h3-6,13-15,21H,7-9H2,1-2H3,(H,18,22)(H,23,24)/t13-,14+,15+/m1/s1. The Bertz CT molecular complexity index is 646. The van der Waals surface area contributed by atoms with Crippen molar-refractivity contribution < 1.29 is 24.6 Å². The molecule has 0 spiro atoms. The number of aliphatic hydroxyl groups excluding tert-OH is 1. The summed E-state index contributed by atoms with van der Waals surface area (Å²) in [6.07, 6.45) is -0.505. The zero-order valence-electron chi connectivity index (χ0n) is 13.7. The molecule has 0 saturated carbocycles. The summed E-state index contributed by atoms with van der Waals surface area (Å²) in [5.74, 6) is -2.01. The first-order valence-corrected chi connectivity index (χ1v) is 7.82. The molecule has 1 aliphatic heterocycles. The molecule has 2 amide bonds. The van der Waals surface area contributed by atoms with E-state index < -0.39 is 30.1 Å². The van der Waals surface area contributed by atoms with Gasteiger partial charge in [-0.05, 0) is 18.1 Å². The van der Waals surface area contributed by atoms with Crippen LogP contribution in [-0.2, 0) is 20.8 Å². The molecule has 0 aromatic heterocycles. The largest absolute Gasteiger partial charge is 0.480 e. The molecule has 0 radical (unpaired) electrons. The molecule has 3 atom stereocenters. The van der Waals surface area contributed by atoms with Crippen molar-refractivity contribution >= 4 is 17.8 Å². The summed E-state index contributed by atoms with van der Waals surface area (Å²) in [4.78, 5) is 36.8. The predicted octanol–water partition coefficient (Wildman–Crippen LogP) is 0.0886. The number of benzene rings is 1. The maximum Gasteiger partial charge on any atom is 0.326 e. The third kappa shape index (κ3) is 4.11. The number of nitrogens with zero attached hydrogens (tertiary/aromatic N) is 1. The van der Waals surface area contributed by atoms with Crippen molar-refractivity contribution in [3.63, 3.8) is 0 Å². The molecule has 0 bridgehead atoms. The Kier molecular flexibility index (Phi) is 5.56. The zero-order chi connectivity index (χ0) is 17.9. The van der Waals surface area contributed by atoms with Crippen LogP contribution in [0.5, 0.6) is 0 Å². The van der Waals surface area contributed by atoms with E-state index in [9.17, 15) is 24.6 Å². The van der Waals surface area contributed by atoms with Gasteiger partial charge in [-0.15, -0.1) is 0 Å². The predicted molar refractivity (Wildman–Crippen MR) is 86.2 cm³/mol. The normalized spacial score (nSPS) is 21.4. The minimum Gasteiger partial charge on any atom is -0.480 e. The van der Waals surface area contributed by atoms with Gasteiger partial charge in [0.2, 0.25) is 11.8 Å². The number of aliphatic carboxylic acids is 1. The summed E-state index contributed by atoms with van der Waals surface area (Å²) in [6.45, 7) is 3.28. The molecular weight excluding hydrogens is 312 g/mol. The van der Waals surface area contributed by atoms with Crippen molar-refractivity contribution in [1.82, 2.24) is 10.2 Å². The number of carboxylic acids is 1. The van der Waals surface area contributed by atoms with E-state index in [0.717, 1.165) is 11.1 Å². The molecule has 1 saturated heterocycles. The number of β-amino-alcohol motifs (C(OH)–C–C–N with tert-alkyl or cyclic N) is 1. The number of carbonyl (C=O) groups is 3. The van der Waals surface area contributed by atoms with Crippen LogP contribution in [0.25, 0.3) is 0 Å². The van der Waals surface area contributed by atoms with Gasteiger partial charge in [0.25, 0.3) is 0 Å². The van der Waals surface area contributed by atoms with E-state index in [1.165, 1.54) is 11.8 Å². The maximum absolute atomic E-state index is 12.4. The van der Waals surface area contributed by atoms with Gasteiger partial charge in [-0.1, -0.05) is 24.3 Å². The number of carbonyl (C=O) groups excluding carboxylic acids is 2. The molecule has 130 valence electrons. The minimum atomic E-state index is -1.14. The highest BCUT2D eigenvalue weighted by Crippen LogP contribution is 2.19. The number of hydrogen-bond donors (Lipinski definition) is 3. The fraction of sp³-hybridized carbons (Fsp3) is 0.471. The number of nitrogens with one attached hydrogen (secondary N) is 1. The van der Waals surface area contributed by atoms with Gasteiger partial charge < -0.3 is 20.4 Å². The van der Waals surface area contributed by atoms with Crippen LogP contribution in [0.2, 0.25) is 0 Å². The minimum absolute atomic E-state index is 0.0863. The Labute approximate surface area is 140 Å². The second-order valence-corrected chi connectivity index (χ2v) is 6.11. The average Bonchev–Trinajstić information content (AvgIpc) is 2.91. The molecule has 7 heteroatoms. The van der Waals surface area contributed by atoms with Crippen LogP contribution in [0, 0.1) is 6.92 Å². The van der Waals surface area contributed by atoms with Crippen molar-refractivity contribution in [2.45, 2.75) is 44.9 Å². The fourth-order valence-corrected chi connectivity index (χ4v) is 2.94. The van der Waals surface area contributed by atoms with E-state index in [4.69, 9.17) is 0 Å². The topological polar surface area (TPSA) is 107 Å². The molecule has 24 heavy (non-hydrogen) atoms. The molecule has 1 aromatic rings. The van der Waals surface area contributed by atoms with Crippen molar-refractivity contribution in [2.24, 2.45) is 0 Å². The van der Waals surface area contributed by atoms with Crippen LogP contribution in [-0.4, -0.2) is 57.6 Å². The highest BCUT2D eigenvalue weighted by atomic mass is 16.4. The quantitative estimate of drug-likeness (QED) is 0.707. The van der Waals surface area contributed by atoms with Crippen molar-refractivity contribution in [1.29, 1.82) is 0 Å². The summed E-state index contributed by atoms with van der Waals surface area (Å²) >= 11 is 0. The smallest absolute Gasteiger partial charge is 0.326 e. The van der Waals surface area contributed by atoms with Crippen molar-refractivity contribution in [3.8, 4) is 0 Å². The van der Waals surface area contributed by atoms with Crippen LogP contribution in [0.4, 0.5) is 0 Å². The lowest BCUT2D eigenvalue weighted by Crippen LogP contribution is -2.51. The first kappa shape index (κ1) is 17.9. The average molecular weight is 334 g/mol. The summed E-state index contributed by atoms with van der Waals surface area (Å²) in [7, 11) is 0. The Hall–Kier alpha value is -2.41. The lowest BCUT2D eigenvalue weighted by atomic mass is 10.0. The fourth-order valence-electron chi connectivity index (χ4n) is 2.94. The van der Waals surface area contributed by atoms with Crippen molar-refractivity contribution in [3.05, 3.63) is 35.4 Å². The Morgan fingerprint density at radius 2 is 2.00 bits per heavy atom. The Balaban J connectivity index is 2.10. The molecule has 1 aromatic carbocycles. The number of likely N-dealkylation sites (tertiary alicyclic amines) is 1. The highest BCUT2D eigenvalue weighted by molar-refractivity contribution is 5.90. The molecule has 3 N–H and O–H groups in total. The molecule has 1 fully saturated rings. The van der Waals surface area contributed by atoms with E-state index in [2.05, 4.69) is 5.32 Å². The van der Waals surface area contributed by atoms with E-state index in [0.29, 0.717) is 0 Å².